The van der Waals surface area contributed by atoms with E-state index in [4.69, 9.17) is 4.98 Å². The highest BCUT2D eigenvalue weighted by molar-refractivity contribution is 7.22. The van der Waals surface area contributed by atoms with Gasteiger partial charge in [-0.3, -0.25) is 4.90 Å². The summed E-state index contributed by atoms with van der Waals surface area (Å²) in [5.41, 5.74) is 3.34. The summed E-state index contributed by atoms with van der Waals surface area (Å²) in [6.45, 7) is 6.08. The van der Waals surface area contributed by atoms with Crippen molar-refractivity contribution in [3.8, 4) is 10.6 Å². The van der Waals surface area contributed by atoms with Gasteiger partial charge in [0.15, 0.2) is 0 Å². The summed E-state index contributed by atoms with van der Waals surface area (Å²) in [7, 11) is 0. The van der Waals surface area contributed by atoms with Gasteiger partial charge in [0.05, 0.1) is 10.6 Å². The second-order valence-electron chi connectivity index (χ2n) is 9.49. The first kappa shape index (κ1) is 21.7. The van der Waals surface area contributed by atoms with Crippen LogP contribution in [0.4, 0.5) is 11.6 Å². The molecule has 4 aromatic rings. The van der Waals surface area contributed by atoms with Gasteiger partial charge in [-0.25, -0.2) is 9.97 Å². The number of likely N-dealkylation sites (tertiary alicyclic amines) is 2. The van der Waals surface area contributed by atoms with E-state index in [9.17, 15) is 0 Å². The standard InChI is InChI=1S/C28H31N5S/c1-2-6-26-22(5-1)19-27(34-26)25-11-14-29-28(31-25)30-23-9-7-21(8-10-23)20-32-17-12-24(13-18-32)33-15-3-4-16-33/h1-2,5-11,14,19,24H,3-4,12-13,15-18,20H2,(H,29,30,31). The van der Waals surface area contributed by atoms with Crippen LogP contribution in [0.3, 0.4) is 0 Å². The maximum Gasteiger partial charge on any atom is 0.227 e. The van der Waals surface area contributed by atoms with E-state index >= 15 is 0 Å². The molecule has 4 heterocycles. The van der Waals surface area contributed by atoms with Crippen LogP contribution in [0.2, 0.25) is 0 Å². The lowest BCUT2D eigenvalue weighted by Crippen LogP contribution is -2.43. The van der Waals surface area contributed by atoms with Gasteiger partial charge in [-0.15, -0.1) is 11.3 Å². The van der Waals surface area contributed by atoms with E-state index in [1.54, 1.807) is 11.3 Å². The Morgan fingerprint density at radius 3 is 2.50 bits per heavy atom. The Balaban J connectivity index is 1.07. The van der Waals surface area contributed by atoms with Crippen molar-refractivity contribution in [3.05, 3.63) is 72.4 Å². The summed E-state index contributed by atoms with van der Waals surface area (Å²) in [4.78, 5) is 15.7. The van der Waals surface area contributed by atoms with Crippen molar-refractivity contribution in [2.45, 2.75) is 38.3 Å². The molecular weight excluding hydrogens is 438 g/mol. The Hall–Kier alpha value is -2.80. The van der Waals surface area contributed by atoms with Crippen LogP contribution in [-0.4, -0.2) is 52.0 Å². The first-order valence-electron chi connectivity index (χ1n) is 12.4. The summed E-state index contributed by atoms with van der Waals surface area (Å²) in [6, 6.07) is 22.2. The van der Waals surface area contributed by atoms with E-state index in [0.717, 1.165) is 28.8 Å². The number of thiophene rings is 1. The minimum atomic E-state index is 0.631. The van der Waals surface area contributed by atoms with Crippen LogP contribution in [-0.2, 0) is 6.54 Å². The van der Waals surface area contributed by atoms with Gasteiger partial charge in [0.2, 0.25) is 5.95 Å². The zero-order valence-electron chi connectivity index (χ0n) is 19.5. The summed E-state index contributed by atoms with van der Waals surface area (Å²) in [5.74, 6) is 0.631. The zero-order valence-corrected chi connectivity index (χ0v) is 20.3. The molecule has 1 N–H and O–H groups in total. The minimum Gasteiger partial charge on any atom is -0.324 e. The van der Waals surface area contributed by atoms with Crippen LogP contribution in [0.25, 0.3) is 20.7 Å². The first-order valence-corrected chi connectivity index (χ1v) is 13.3. The second kappa shape index (κ2) is 9.82. The van der Waals surface area contributed by atoms with E-state index < -0.39 is 0 Å². The molecule has 0 amide bonds. The first-order chi connectivity index (χ1) is 16.8. The molecule has 2 aliphatic heterocycles. The molecule has 0 radical (unpaired) electrons. The third-order valence-corrected chi connectivity index (χ3v) is 8.30. The van der Waals surface area contributed by atoms with Gasteiger partial charge in [0.25, 0.3) is 0 Å². The number of nitrogens with one attached hydrogen (secondary N) is 1. The molecule has 174 valence electrons. The predicted molar refractivity (Wildman–Crippen MR) is 142 cm³/mol. The van der Waals surface area contributed by atoms with Crippen molar-refractivity contribution in [1.82, 2.24) is 19.8 Å². The number of benzene rings is 2. The molecule has 0 aliphatic carbocycles. The Kier molecular flexibility index (Phi) is 6.27. The van der Waals surface area contributed by atoms with Gasteiger partial charge in [-0.2, -0.15) is 0 Å². The molecular formula is C28H31N5S. The van der Waals surface area contributed by atoms with Gasteiger partial charge in [-0.1, -0.05) is 30.3 Å². The fourth-order valence-electron chi connectivity index (χ4n) is 5.29. The van der Waals surface area contributed by atoms with Gasteiger partial charge in [-0.05, 0) is 93.1 Å². The average molecular weight is 470 g/mol. The molecule has 0 unspecified atom stereocenters. The number of aromatic nitrogens is 2. The van der Waals surface area contributed by atoms with Crippen LogP contribution in [0.15, 0.2) is 66.9 Å². The molecule has 0 atom stereocenters. The zero-order chi connectivity index (χ0) is 22.7. The van der Waals surface area contributed by atoms with Crippen molar-refractivity contribution >= 4 is 33.1 Å². The summed E-state index contributed by atoms with van der Waals surface area (Å²) < 4.78 is 1.28. The number of hydrogen-bond donors (Lipinski definition) is 1. The number of nitrogens with zero attached hydrogens (tertiary/aromatic N) is 4. The summed E-state index contributed by atoms with van der Waals surface area (Å²) in [6.07, 6.45) is 7.23. The van der Waals surface area contributed by atoms with Crippen LogP contribution < -0.4 is 5.32 Å². The molecule has 2 fully saturated rings. The fraction of sp³-hybridized carbons (Fsp3) is 0.357. The normalized spacial score (nSPS) is 18.0. The van der Waals surface area contributed by atoms with E-state index in [0.29, 0.717) is 5.95 Å². The third-order valence-electron chi connectivity index (χ3n) is 7.16. The van der Waals surface area contributed by atoms with Crippen molar-refractivity contribution in [1.29, 1.82) is 0 Å². The van der Waals surface area contributed by atoms with Crippen molar-refractivity contribution < 1.29 is 0 Å². The number of anilines is 2. The molecule has 0 saturated carbocycles. The molecule has 0 bridgehead atoms. The second-order valence-corrected chi connectivity index (χ2v) is 10.6. The molecule has 2 aliphatic rings. The average Bonchev–Trinajstić information content (AvgIpc) is 3.56. The third kappa shape index (κ3) is 4.85. The Bertz CT molecular complexity index is 1200. The van der Waals surface area contributed by atoms with Crippen LogP contribution >= 0.6 is 11.3 Å². The lowest BCUT2D eigenvalue weighted by molar-refractivity contribution is 0.122. The van der Waals surface area contributed by atoms with Crippen LogP contribution in [0.1, 0.15) is 31.2 Å². The van der Waals surface area contributed by atoms with E-state index in [1.807, 2.05) is 12.3 Å². The molecule has 6 heteroatoms. The predicted octanol–water partition coefficient (Wildman–Crippen LogP) is 6.16. The SMILES string of the molecule is c1ccc2sc(-c3ccnc(Nc4ccc(CN5CCC(N6CCCC6)CC5)cc4)n3)cc2c1. The highest BCUT2D eigenvalue weighted by atomic mass is 32.1. The quantitative estimate of drug-likeness (QED) is 0.366. The number of piperidine rings is 1. The lowest BCUT2D eigenvalue weighted by atomic mass is 10.0. The Labute approximate surface area is 205 Å². The molecule has 0 spiro atoms. The summed E-state index contributed by atoms with van der Waals surface area (Å²) >= 11 is 1.77. The molecule has 2 saturated heterocycles. The van der Waals surface area contributed by atoms with Gasteiger partial charge >= 0.3 is 0 Å². The number of rotatable bonds is 6. The lowest BCUT2D eigenvalue weighted by Gasteiger charge is -2.36. The minimum absolute atomic E-state index is 0.631. The van der Waals surface area contributed by atoms with E-state index in [2.05, 4.69) is 74.7 Å². The topological polar surface area (TPSA) is 44.3 Å². The van der Waals surface area contributed by atoms with E-state index in [1.165, 1.54) is 67.5 Å². The summed E-state index contributed by atoms with van der Waals surface area (Å²) in [5, 5.41) is 4.64. The Morgan fingerprint density at radius 1 is 0.912 bits per heavy atom. The molecule has 34 heavy (non-hydrogen) atoms. The maximum absolute atomic E-state index is 4.77. The van der Waals surface area contributed by atoms with Crippen molar-refractivity contribution in [3.63, 3.8) is 0 Å². The van der Waals surface area contributed by atoms with Gasteiger partial charge in [0, 0.05) is 29.2 Å². The molecule has 2 aromatic heterocycles. The highest BCUT2D eigenvalue weighted by Gasteiger charge is 2.26. The van der Waals surface area contributed by atoms with Crippen LogP contribution in [0.5, 0.6) is 0 Å². The number of hydrogen-bond acceptors (Lipinski definition) is 6. The molecule has 6 rings (SSSR count). The van der Waals surface area contributed by atoms with Gasteiger partial charge < -0.3 is 10.2 Å². The van der Waals surface area contributed by atoms with Crippen molar-refractivity contribution in [2.24, 2.45) is 0 Å². The van der Waals surface area contributed by atoms with Gasteiger partial charge in [0.1, 0.15) is 0 Å². The van der Waals surface area contributed by atoms with Crippen molar-refractivity contribution in [2.75, 3.05) is 31.5 Å². The Morgan fingerprint density at radius 2 is 1.71 bits per heavy atom. The highest BCUT2D eigenvalue weighted by Crippen LogP contribution is 2.32. The smallest absolute Gasteiger partial charge is 0.227 e. The monoisotopic (exact) mass is 469 g/mol. The largest absolute Gasteiger partial charge is 0.324 e. The van der Waals surface area contributed by atoms with Crippen LogP contribution in [0, 0.1) is 0 Å². The maximum atomic E-state index is 4.77. The molecule has 2 aromatic carbocycles. The van der Waals surface area contributed by atoms with E-state index in [-0.39, 0.29) is 0 Å². The fourth-order valence-corrected chi connectivity index (χ4v) is 6.33. The molecule has 5 nitrogen and oxygen atoms in total. The number of fused-ring (bicyclic) bond motifs is 1.